The van der Waals surface area contributed by atoms with E-state index in [1.165, 1.54) is 0 Å². The number of hydrogen-bond acceptors (Lipinski definition) is 3. The summed E-state index contributed by atoms with van der Waals surface area (Å²) in [4.78, 5) is 4.18. The fourth-order valence-corrected chi connectivity index (χ4v) is 1.15. The molecule has 0 saturated heterocycles. The number of aliphatic hydroxyl groups excluding tert-OH is 2. The highest BCUT2D eigenvalue weighted by Crippen LogP contribution is 2.23. The van der Waals surface area contributed by atoms with Gasteiger partial charge in [-0.25, -0.2) is 0 Å². The van der Waals surface area contributed by atoms with Gasteiger partial charge in [-0.15, -0.1) is 0 Å². The second-order valence-corrected chi connectivity index (χ2v) is 3.82. The molecule has 1 aliphatic rings. The minimum absolute atomic E-state index is 0.152. The summed E-state index contributed by atoms with van der Waals surface area (Å²) >= 11 is 0. The highest BCUT2D eigenvalue weighted by atomic mass is 16.3. The van der Waals surface area contributed by atoms with Crippen LogP contribution in [0.5, 0.6) is 0 Å². The molecule has 0 aromatic rings. The van der Waals surface area contributed by atoms with Crippen LogP contribution in [0.15, 0.2) is 4.99 Å². The lowest BCUT2D eigenvalue weighted by molar-refractivity contribution is 0.103. The highest BCUT2D eigenvalue weighted by Gasteiger charge is 2.28. The quantitative estimate of drug-likeness (QED) is 0.346. The Kier molecular flexibility index (Phi) is 3.71. The second-order valence-electron chi connectivity index (χ2n) is 3.82. The summed E-state index contributed by atoms with van der Waals surface area (Å²) in [5.41, 5.74) is 4.91. The van der Waals surface area contributed by atoms with Crippen LogP contribution in [0.4, 0.5) is 0 Å². The molecule has 0 aromatic carbocycles. The summed E-state index contributed by atoms with van der Waals surface area (Å²) in [5.74, 6) is 0.317. The van der Waals surface area contributed by atoms with Crippen molar-refractivity contribution in [1.82, 2.24) is 5.32 Å². The molecule has 14 heavy (non-hydrogen) atoms. The van der Waals surface area contributed by atoms with Crippen LogP contribution >= 0.6 is 0 Å². The van der Waals surface area contributed by atoms with Crippen LogP contribution in [0.25, 0.3) is 0 Å². The van der Waals surface area contributed by atoms with Crippen LogP contribution in [-0.4, -0.2) is 41.0 Å². The van der Waals surface area contributed by atoms with E-state index in [1.54, 1.807) is 0 Å². The van der Waals surface area contributed by atoms with Crippen molar-refractivity contribution in [2.24, 2.45) is 10.7 Å². The molecule has 0 bridgehead atoms. The smallest absolute Gasteiger partial charge is 0.189 e. The third kappa shape index (κ3) is 2.85. The summed E-state index contributed by atoms with van der Waals surface area (Å²) in [6, 6.07) is 0.342. The number of nitrogens with two attached hydrogens (primary N) is 1. The zero-order valence-corrected chi connectivity index (χ0v) is 8.53. The van der Waals surface area contributed by atoms with Crippen molar-refractivity contribution in [3.05, 3.63) is 0 Å². The van der Waals surface area contributed by atoms with Crippen molar-refractivity contribution >= 4 is 5.96 Å². The van der Waals surface area contributed by atoms with E-state index >= 15 is 0 Å². The SMILES string of the molecule is CCC(CO)(CO)NC(N)=NC1CC1. The summed E-state index contributed by atoms with van der Waals surface area (Å²) in [6.07, 6.45) is 2.76. The van der Waals surface area contributed by atoms with E-state index < -0.39 is 5.54 Å². The molecule has 82 valence electrons. The number of guanidine groups is 1. The average Bonchev–Trinajstić information content (AvgIpc) is 2.98. The molecule has 5 heteroatoms. The van der Waals surface area contributed by atoms with Gasteiger partial charge in [-0.05, 0) is 19.3 Å². The third-order valence-corrected chi connectivity index (χ3v) is 2.54. The first-order chi connectivity index (χ1) is 6.65. The van der Waals surface area contributed by atoms with Gasteiger partial charge in [-0.1, -0.05) is 6.92 Å². The standard InChI is InChI=1S/C9H19N3O2/c1-2-9(5-13,6-14)12-8(10)11-7-3-4-7/h7,13-14H,2-6H2,1H3,(H3,10,11,12). The van der Waals surface area contributed by atoms with Crippen molar-refractivity contribution in [2.45, 2.75) is 37.8 Å². The number of hydrogen-bond donors (Lipinski definition) is 4. The van der Waals surface area contributed by atoms with Crippen molar-refractivity contribution in [3.8, 4) is 0 Å². The Morgan fingerprint density at radius 2 is 2.07 bits per heavy atom. The first kappa shape index (κ1) is 11.3. The predicted molar refractivity (Wildman–Crippen MR) is 55.0 cm³/mol. The van der Waals surface area contributed by atoms with Gasteiger partial charge in [0.05, 0.1) is 24.8 Å². The van der Waals surface area contributed by atoms with Crippen molar-refractivity contribution in [1.29, 1.82) is 0 Å². The molecular weight excluding hydrogens is 182 g/mol. The van der Waals surface area contributed by atoms with Crippen LogP contribution in [0.1, 0.15) is 26.2 Å². The van der Waals surface area contributed by atoms with Gasteiger partial charge in [-0.2, -0.15) is 0 Å². The Morgan fingerprint density at radius 3 is 2.43 bits per heavy atom. The predicted octanol–water partition coefficient (Wildman–Crippen LogP) is -0.813. The van der Waals surface area contributed by atoms with Gasteiger partial charge in [0.2, 0.25) is 0 Å². The molecule has 0 radical (unpaired) electrons. The van der Waals surface area contributed by atoms with Gasteiger partial charge in [0.15, 0.2) is 5.96 Å². The topological polar surface area (TPSA) is 90.9 Å². The van der Waals surface area contributed by atoms with Crippen LogP contribution < -0.4 is 11.1 Å². The molecule has 5 nitrogen and oxygen atoms in total. The average molecular weight is 201 g/mol. The molecule has 0 amide bonds. The maximum absolute atomic E-state index is 9.14. The molecule has 1 aliphatic carbocycles. The van der Waals surface area contributed by atoms with Gasteiger partial charge in [0, 0.05) is 0 Å². The molecular formula is C9H19N3O2. The number of rotatable bonds is 5. The van der Waals surface area contributed by atoms with Gasteiger partial charge >= 0.3 is 0 Å². The molecule has 1 saturated carbocycles. The first-order valence-electron chi connectivity index (χ1n) is 4.99. The monoisotopic (exact) mass is 201 g/mol. The van der Waals surface area contributed by atoms with Gasteiger partial charge in [0.25, 0.3) is 0 Å². The number of aliphatic hydroxyl groups is 2. The minimum Gasteiger partial charge on any atom is -0.394 e. The van der Waals surface area contributed by atoms with Crippen molar-refractivity contribution in [2.75, 3.05) is 13.2 Å². The highest BCUT2D eigenvalue weighted by molar-refractivity contribution is 5.79. The minimum atomic E-state index is -0.734. The zero-order valence-electron chi connectivity index (χ0n) is 8.53. The zero-order chi connectivity index (χ0) is 10.6. The normalized spacial score (nSPS) is 18.4. The molecule has 0 heterocycles. The molecule has 0 atom stereocenters. The van der Waals surface area contributed by atoms with E-state index in [1.807, 2.05) is 6.92 Å². The summed E-state index contributed by atoms with van der Waals surface area (Å²) in [6.45, 7) is 1.58. The van der Waals surface area contributed by atoms with Gasteiger partial charge in [-0.3, -0.25) is 4.99 Å². The number of nitrogens with zero attached hydrogens (tertiary/aromatic N) is 1. The molecule has 5 N–H and O–H groups in total. The largest absolute Gasteiger partial charge is 0.394 e. The second kappa shape index (κ2) is 4.61. The van der Waals surface area contributed by atoms with E-state index in [2.05, 4.69) is 10.3 Å². The summed E-state index contributed by atoms with van der Waals surface area (Å²) in [5, 5.41) is 21.2. The Morgan fingerprint density at radius 1 is 1.50 bits per heavy atom. The fourth-order valence-electron chi connectivity index (χ4n) is 1.15. The Labute approximate surface area is 84.0 Å². The van der Waals surface area contributed by atoms with E-state index in [-0.39, 0.29) is 13.2 Å². The molecule has 1 fully saturated rings. The lowest BCUT2D eigenvalue weighted by atomic mass is 9.99. The van der Waals surface area contributed by atoms with Crippen LogP contribution in [0, 0.1) is 0 Å². The lowest BCUT2D eigenvalue weighted by Gasteiger charge is -2.30. The molecule has 0 aliphatic heterocycles. The van der Waals surface area contributed by atoms with E-state index in [0.29, 0.717) is 18.4 Å². The Hall–Kier alpha value is -0.810. The molecule has 0 unspecified atom stereocenters. The van der Waals surface area contributed by atoms with Gasteiger partial charge < -0.3 is 21.3 Å². The molecule has 0 spiro atoms. The molecule has 0 aromatic heterocycles. The van der Waals surface area contributed by atoms with Crippen LogP contribution in [0.2, 0.25) is 0 Å². The maximum Gasteiger partial charge on any atom is 0.189 e. The van der Waals surface area contributed by atoms with E-state index in [4.69, 9.17) is 15.9 Å². The Balaban J connectivity index is 2.52. The number of nitrogens with one attached hydrogen (secondary N) is 1. The van der Waals surface area contributed by atoms with Crippen LogP contribution in [-0.2, 0) is 0 Å². The summed E-state index contributed by atoms with van der Waals surface area (Å²) in [7, 11) is 0. The Bertz CT molecular complexity index is 202. The summed E-state index contributed by atoms with van der Waals surface area (Å²) < 4.78 is 0. The lowest BCUT2D eigenvalue weighted by Crippen LogP contribution is -2.56. The fraction of sp³-hybridized carbons (Fsp3) is 0.889. The number of aliphatic imine (C=N–C) groups is 1. The molecule has 1 rings (SSSR count). The maximum atomic E-state index is 9.14. The van der Waals surface area contributed by atoms with Crippen molar-refractivity contribution < 1.29 is 10.2 Å². The third-order valence-electron chi connectivity index (χ3n) is 2.54. The first-order valence-corrected chi connectivity index (χ1v) is 4.99. The van der Waals surface area contributed by atoms with Crippen molar-refractivity contribution in [3.63, 3.8) is 0 Å². The van der Waals surface area contributed by atoms with E-state index in [0.717, 1.165) is 12.8 Å². The van der Waals surface area contributed by atoms with Gasteiger partial charge in [0.1, 0.15) is 0 Å². The van der Waals surface area contributed by atoms with Crippen LogP contribution in [0.3, 0.4) is 0 Å². The van der Waals surface area contributed by atoms with E-state index in [9.17, 15) is 0 Å².